The lowest BCUT2D eigenvalue weighted by Crippen LogP contribution is -2.21. The Bertz CT molecular complexity index is 81.6. The molecule has 0 aromatic carbocycles. The van der Waals surface area contributed by atoms with E-state index in [9.17, 15) is 0 Å². The lowest BCUT2D eigenvalue weighted by Gasteiger charge is -2.08. The fraction of sp³-hybridized carbons (Fsp3) is 1.00. The van der Waals surface area contributed by atoms with Crippen LogP contribution in [0, 0.1) is 5.92 Å². The first-order chi connectivity index (χ1) is 5.33. The van der Waals surface area contributed by atoms with E-state index < -0.39 is 0 Å². The monoisotopic (exact) mass is 158 g/mol. The number of nitrogens with one attached hydrogen (secondary N) is 1. The second-order valence-corrected chi connectivity index (χ2v) is 2.97. The Hall–Kier alpha value is -0.0800. The van der Waals surface area contributed by atoms with E-state index in [0.717, 1.165) is 5.92 Å². The van der Waals surface area contributed by atoms with Gasteiger partial charge in [0.15, 0.2) is 0 Å². The van der Waals surface area contributed by atoms with Crippen molar-refractivity contribution in [2.45, 2.75) is 20.3 Å². The first-order valence-corrected chi connectivity index (χ1v) is 4.66. The molecule has 0 radical (unpaired) electrons. The minimum atomic E-state index is 0.903. The van der Waals surface area contributed by atoms with E-state index >= 15 is 0 Å². The van der Waals surface area contributed by atoms with Gasteiger partial charge in [0.05, 0.1) is 0 Å². The maximum absolute atomic E-state index is 3.20. The molecule has 1 fully saturated rings. The lowest BCUT2D eigenvalue weighted by molar-refractivity contribution is 0.392. The molecule has 1 aliphatic rings. The molecule has 1 heterocycles. The van der Waals surface area contributed by atoms with Crippen LogP contribution < -0.4 is 5.32 Å². The maximum atomic E-state index is 3.20. The maximum Gasteiger partial charge on any atom is 0.00192 e. The van der Waals surface area contributed by atoms with Gasteiger partial charge in [0.1, 0.15) is 0 Å². The van der Waals surface area contributed by atoms with Gasteiger partial charge in [-0.05, 0) is 39.5 Å². The fourth-order valence-corrected chi connectivity index (χ4v) is 1.48. The van der Waals surface area contributed by atoms with Gasteiger partial charge in [-0.2, -0.15) is 0 Å². The van der Waals surface area contributed by atoms with Gasteiger partial charge in [-0.15, -0.1) is 0 Å². The van der Waals surface area contributed by atoms with Crippen LogP contribution in [0.5, 0.6) is 0 Å². The number of hydrogen-bond acceptors (Lipinski definition) is 2. The van der Waals surface area contributed by atoms with Gasteiger partial charge in [-0.1, -0.05) is 13.8 Å². The molecule has 1 atom stereocenters. The summed E-state index contributed by atoms with van der Waals surface area (Å²) in [6.45, 7) is 7.75. The summed E-state index contributed by atoms with van der Waals surface area (Å²) >= 11 is 0. The number of nitrogens with zero attached hydrogens (tertiary/aromatic N) is 1. The third-order valence-electron chi connectivity index (χ3n) is 1.98. The predicted molar refractivity (Wildman–Crippen MR) is 50.9 cm³/mol. The Balaban J connectivity index is 0.000000461. The van der Waals surface area contributed by atoms with Crippen molar-refractivity contribution in [3.63, 3.8) is 0 Å². The third-order valence-corrected chi connectivity index (χ3v) is 1.98. The Morgan fingerprint density at radius 3 is 2.45 bits per heavy atom. The van der Waals surface area contributed by atoms with Gasteiger partial charge in [0.2, 0.25) is 0 Å². The molecule has 0 amide bonds. The van der Waals surface area contributed by atoms with Crippen LogP contribution in [-0.4, -0.2) is 38.6 Å². The SMILES string of the molecule is CC.CNCC1CCN(C)C1. The molecule has 1 unspecified atom stereocenters. The van der Waals surface area contributed by atoms with Crippen molar-refractivity contribution in [1.29, 1.82) is 0 Å². The van der Waals surface area contributed by atoms with Crippen molar-refractivity contribution in [2.24, 2.45) is 5.92 Å². The van der Waals surface area contributed by atoms with Gasteiger partial charge in [-0.3, -0.25) is 0 Å². The lowest BCUT2D eigenvalue weighted by atomic mass is 10.1. The zero-order chi connectivity index (χ0) is 8.69. The Morgan fingerprint density at radius 1 is 1.45 bits per heavy atom. The van der Waals surface area contributed by atoms with Crippen molar-refractivity contribution >= 4 is 0 Å². The van der Waals surface area contributed by atoms with Crippen LogP contribution in [0.4, 0.5) is 0 Å². The molecule has 1 aliphatic heterocycles. The minimum absolute atomic E-state index is 0.903. The van der Waals surface area contributed by atoms with Crippen molar-refractivity contribution in [1.82, 2.24) is 10.2 Å². The van der Waals surface area contributed by atoms with E-state index in [1.54, 1.807) is 0 Å². The molecule has 2 heteroatoms. The molecule has 11 heavy (non-hydrogen) atoms. The molecule has 1 saturated heterocycles. The van der Waals surface area contributed by atoms with E-state index in [1.807, 2.05) is 20.9 Å². The average molecular weight is 158 g/mol. The molecular formula is C9H22N2. The van der Waals surface area contributed by atoms with Crippen molar-refractivity contribution < 1.29 is 0 Å². The topological polar surface area (TPSA) is 15.3 Å². The molecular weight excluding hydrogens is 136 g/mol. The summed E-state index contributed by atoms with van der Waals surface area (Å²) in [5, 5.41) is 3.20. The smallest absolute Gasteiger partial charge is 0.00192 e. The molecule has 0 saturated carbocycles. The van der Waals surface area contributed by atoms with Crippen LogP contribution >= 0.6 is 0 Å². The van der Waals surface area contributed by atoms with Crippen LogP contribution in [0.15, 0.2) is 0 Å². The number of hydrogen-bond donors (Lipinski definition) is 1. The Kier molecular flexibility index (Phi) is 6.57. The van der Waals surface area contributed by atoms with Crippen LogP contribution in [-0.2, 0) is 0 Å². The average Bonchev–Trinajstić information content (AvgIpc) is 2.41. The normalized spacial score (nSPS) is 24.5. The molecule has 0 aliphatic carbocycles. The van der Waals surface area contributed by atoms with Gasteiger partial charge in [0.25, 0.3) is 0 Å². The Morgan fingerprint density at radius 2 is 2.09 bits per heavy atom. The van der Waals surface area contributed by atoms with E-state index in [-0.39, 0.29) is 0 Å². The summed E-state index contributed by atoms with van der Waals surface area (Å²) < 4.78 is 0. The standard InChI is InChI=1S/C7H16N2.C2H6/c1-8-5-7-3-4-9(2)6-7;1-2/h7-8H,3-6H2,1-2H3;1-2H3. The summed E-state index contributed by atoms with van der Waals surface area (Å²) in [7, 11) is 4.22. The highest BCUT2D eigenvalue weighted by molar-refractivity contribution is 4.73. The van der Waals surface area contributed by atoms with Gasteiger partial charge in [0, 0.05) is 6.54 Å². The van der Waals surface area contributed by atoms with Crippen LogP contribution in [0.3, 0.4) is 0 Å². The van der Waals surface area contributed by atoms with E-state index in [2.05, 4.69) is 17.3 Å². The summed E-state index contributed by atoms with van der Waals surface area (Å²) in [5.74, 6) is 0.903. The van der Waals surface area contributed by atoms with Crippen molar-refractivity contribution in [3.8, 4) is 0 Å². The fourth-order valence-electron chi connectivity index (χ4n) is 1.48. The minimum Gasteiger partial charge on any atom is -0.319 e. The van der Waals surface area contributed by atoms with Crippen molar-refractivity contribution in [2.75, 3.05) is 33.7 Å². The molecule has 1 N–H and O–H groups in total. The molecule has 0 aromatic heterocycles. The number of likely N-dealkylation sites (tertiary alicyclic amines) is 1. The first kappa shape index (κ1) is 10.9. The van der Waals surface area contributed by atoms with Gasteiger partial charge in [-0.25, -0.2) is 0 Å². The quantitative estimate of drug-likeness (QED) is 0.649. The molecule has 2 nitrogen and oxygen atoms in total. The molecule has 0 aromatic rings. The van der Waals surface area contributed by atoms with E-state index in [4.69, 9.17) is 0 Å². The summed E-state index contributed by atoms with van der Waals surface area (Å²) in [6, 6.07) is 0. The predicted octanol–water partition coefficient (Wildman–Crippen LogP) is 1.18. The van der Waals surface area contributed by atoms with E-state index in [1.165, 1.54) is 26.1 Å². The molecule has 68 valence electrons. The third kappa shape index (κ3) is 4.38. The molecule has 0 spiro atoms. The molecule has 0 bridgehead atoms. The largest absolute Gasteiger partial charge is 0.319 e. The highest BCUT2D eigenvalue weighted by atomic mass is 15.1. The van der Waals surface area contributed by atoms with Crippen LogP contribution in [0.25, 0.3) is 0 Å². The van der Waals surface area contributed by atoms with Crippen LogP contribution in [0.2, 0.25) is 0 Å². The van der Waals surface area contributed by atoms with Crippen LogP contribution in [0.1, 0.15) is 20.3 Å². The second kappa shape index (κ2) is 6.62. The Labute approximate surface area is 71.0 Å². The van der Waals surface area contributed by atoms with Gasteiger partial charge < -0.3 is 10.2 Å². The second-order valence-electron chi connectivity index (χ2n) is 2.97. The van der Waals surface area contributed by atoms with E-state index in [0.29, 0.717) is 0 Å². The molecule has 1 rings (SSSR count). The van der Waals surface area contributed by atoms with Crippen molar-refractivity contribution in [3.05, 3.63) is 0 Å². The highest BCUT2D eigenvalue weighted by Gasteiger charge is 2.17. The summed E-state index contributed by atoms with van der Waals surface area (Å²) in [4.78, 5) is 2.39. The first-order valence-electron chi connectivity index (χ1n) is 4.66. The highest BCUT2D eigenvalue weighted by Crippen LogP contribution is 2.12. The zero-order valence-corrected chi connectivity index (χ0v) is 8.35. The van der Waals surface area contributed by atoms with Gasteiger partial charge >= 0.3 is 0 Å². The summed E-state index contributed by atoms with van der Waals surface area (Å²) in [6.07, 6.45) is 1.37. The zero-order valence-electron chi connectivity index (χ0n) is 8.35. The number of rotatable bonds is 2. The summed E-state index contributed by atoms with van der Waals surface area (Å²) in [5.41, 5.74) is 0.